The number of hydrogen-bond acceptors (Lipinski definition) is 3. The summed E-state index contributed by atoms with van der Waals surface area (Å²) in [4.78, 5) is 11.9. The van der Waals surface area contributed by atoms with E-state index in [2.05, 4.69) is 5.32 Å². The zero-order valence-corrected chi connectivity index (χ0v) is 9.58. The Bertz CT molecular complexity index is 312. The maximum Gasteiger partial charge on any atom is 0.197 e. The van der Waals surface area contributed by atoms with Crippen molar-refractivity contribution >= 4 is 5.78 Å². The van der Waals surface area contributed by atoms with Gasteiger partial charge in [-0.3, -0.25) is 4.79 Å². The van der Waals surface area contributed by atoms with Crippen LogP contribution in [0.4, 0.5) is 0 Å². The van der Waals surface area contributed by atoms with E-state index in [0.29, 0.717) is 36.8 Å². The maximum atomic E-state index is 11.9. The van der Waals surface area contributed by atoms with Crippen molar-refractivity contribution in [3.8, 4) is 0 Å². The van der Waals surface area contributed by atoms with Gasteiger partial charge in [0, 0.05) is 24.9 Å². The third kappa shape index (κ3) is 2.01. The molecule has 0 radical (unpaired) electrons. The quantitative estimate of drug-likeness (QED) is 0.789. The summed E-state index contributed by atoms with van der Waals surface area (Å²) in [6.45, 7) is 0.693. The molecule has 0 saturated carbocycles. The molecule has 0 aromatic rings. The van der Waals surface area contributed by atoms with Gasteiger partial charge < -0.3 is 10.1 Å². The minimum atomic E-state index is 0.226. The minimum Gasteiger partial charge on any atom is -0.490 e. The lowest BCUT2D eigenvalue weighted by Gasteiger charge is -2.28. The first-order valence-electron chi connectivity index (χ1n) is 6.43. The number of piperidine rings is 1. The van der Waals surface area contributed by atoms with Gasteiger partial charge in [-0.1, -0.05) is 0 Å². The number of Topliss-reactive ketones (excluding diaryl/α,β-unsaturated/α-hetero) is 1. The largest absolute Gasteiger partial charge is 0.490 e. The molecule has 1 N–H and O–H groups in total. The number of ether oxygens (including phenoxy) is 1. The Morgan fingerprint density at radius 2 is 2.12 bits per heavy atom. The predicted octanol–water partition coefficient (Wildman–Crippen LogP) is 1.78. The third-order valence-corrected chi connectivity index (χ3v) is 4.02. The Balaban J connectivity index is 1.56. The summed E-state index contributed by atoms with van der Waals surface area (Å²) in [7, 11) is 0. The molecule has 3 heteroatoms. The van der Waals surface area contributed by atoms with Crippen molar-refractivity contribution in [2.45, 2.75) is 50.6 Å². The maximum absolute atomic E-state index is 11.9. The van der Waals surface area contributed by atoms with Crippen LogP contribution in [0.2, 0.25) is 0 Å². The Kier molecular flexibility index (Phi) is 2.72. The molecule has 88 valence electrons. The molecule has 16 heavy (non-hydrogen) atoms. The summed E-state index contributed by atoms with van der Waals surface area (Å²) in [6, 6.07) is 1.35. The van der Waals surface area contributed by atoms with Gasteiger partial charge in [0.25, 0.3) is 0 Å². The second-order valence-electron chi connectivity index (χ2n) is 5.31. The van der Waals surface area contributed by atoms with Crippen molar-refractivity contribution in [1.82, 2.24) is 5.32 Å². The van der Waals surface area contributed by atoms with Gasteiger partial charge >= 0.3 is 0 Å². The van der Waals surface area contributed by atoms with E-state index < -0.39 is 0 Å². The van der Waals surface area contributed by atoms with Crippen molar-refractivity contribution in [3.63, 3.8) is 0 Å². The highest BCUT2D eigenvalue weighted by atomic mass is 16.5. The average molecular weight is 221 g/mol. The summed E-state index contributed by atoms with van der Waals surface area (Å²) in [5.41, 5.74) is 0. The van der Waals surface area contributed by atoms with E-state index in [1.807, 2.05) is 6.08 Å². The zero-order chi connectivity index (χ0) is 11.0. The first kappa shape index (κ1) is 10.3. The summed E-state index contributed by atoms with van der Waals surface area (Å²) < 4.78 is 5.32. The normalized spacial score (nSPS) is 37.0. The van der Waals surface area contributed by atoms with Crippen molar-refractivity contribution in [2.75, 3.05) is 6.61 Å². The number of rotatable bonds is 3. The highest BCUT2D eigenvalue weighted by molar-refractivity contribution is 5.93. The second kappa shape index (κ2) is 4.21. The fourth-order valence-corrected chi connectivity index (χ4v) is 3.32. The van der Waals surface area contributed by atoms with E-state index in [0.717, 1.165) is 6.42 Å². The van der Waals surface area contributed by atoms with E-state index in [-0.39, 0.29) is 5.78 Å². The van der Waals surface area contributed by atoms with E-state index >= 15 is 0 Å². The third-order valence-electron chi connectivity index (χ3n) is 4.02. The minimum absolute atomic E-state index is 0.226. The summed E-state index contributed by atoms with van der Waals surface area (Å²) in [5.74, 6) is 1.44. The smallest absolute Gasteiger partial charge is 0.197 e. The summed E-state index contributed by atoms with van der Waals surface area (Å²) in [6.07, 6.45) is 8.49. The molecule has 3 aliphatic rings. The van der Waals surface area contributed by atoms with E-state index in [1.165, 1.54) is 25.7 Å². The van der Waals surface area contributed by atoms with Crippen LogP contribution < -0.4 is 5.32 Å². The van der Waals surface area contributed by atoms with E-state index in [4.69, 9.17) is 4.74 Å². The highest BCUT2D eigenvalue weighted by Crippen LogP contribution is 2.33. The standard InChI is InChI=1S/C13H19NO2/c15-12(13-2-1-5-16-13)8-9-6-10-3-4-11(7-9)14-10/h2,9-11,14H,1,3-8H2. The van der Waals surface area contributed by atoms with Gasteiger partial charge in [0.1, 0.15) is 0 Å². The molecule has 0 aliphatic carbocycles. The van der Waals surface area contributed by atoms with Crippen molar-refractivity contribution in [2.24, 2.45) is 5.92 Å². The Morgan fingerprint density at radius 1 is 1.38 bits per heavy atom. The van der Waals surface area contributed by atoms with Crippen LogP contribution in [0.3, 0.4) is 0 Å². The summed E-state index contributed by atoms with van der Waals surface area (Å²) in [5, 5.41) is 3.61. The van der Waals surface area contributed by atoms with Crippen LogP contribution in [-0.2, 0) is 9.53 Å². The molecule has 2 fully saturated rings. The Labute approximate surface area is 96.2 Å². The molecular formula is C13H19NO2. The van der Waals surface area contributed by atoms with Gasteiger partial charge in [0.2, 0.25) is 0 Å². The highest BCUT2D eigenvalue weighted by Gasteiger charge is 2.34. The molecule has 0 spiro atoms. The summed E-state index contributed by atoms with van der Waals surface area (Å²) >= 11 is 0. The van der Waals surface area contributed by atoms with Crippen LogP contribution >= 0.6 is 0 Å². The molecular weight excluding hydrogens is 202 g/mol. The number of carbonyl (C=O) groups is 1. The lowest BCUT2D eigenvalue weighted by atomic mass is 9.88. The van der Waals surface area contributed by atoms with Gasteiger partial charge in [-0.05, 0) is 37.7 Å². The Morgan fingerprint density at radius 3 is 2.75 bits per heavy atom. The molecule has 3 aliphatic heterocycles. The van der Waals surface area contributed by atoms with Gasteiger partial charge in [-0.2, -0.15) is 0 Å². The Hall–Kier alpha value is -0.830. The molecule has 2 unspecified atom stereocenters. The fraction of sp³-hybridized carbons (Fsp3) is 0.769. The lowest BCUT2D eigenvalue weighted by molar-refractivity contribution is -0.119. The molecule has 2 atom stereocenters. The lowest BCUT2D eigenvalue weighted by Crippen LogP contribution is -2.38. The van der Waals surface area contributed by atoms with Gasteiger partial charge in [-0.25, -0.2) is 0 Å². The topological polar surface area (TPSA) is 38.3 Å². The number of carbonyl (C=O) groups excluding carboxylic acids is 1. The van der Waals surface area contributed by atoms with E-state index in [1.54, 1.807) is 0 Å². The van der Waals surface area contributed by atoms with Gasteiger partial charge in [0.15, 0.2) is 11.5 Å². The zero-order valence-electron chi connectivity index (χ0n) is 9.58. The molecule has 3 heterocycles. The van der Waals surface area contributed by atoms with Crippen LogP contribution in [-0.4, -0.2) is 24.5 Å². The average Bonchev–Trinajstić information content (AvgIpc) is 2.88. The molecule has 3 rings (SSSR count). The van der Waals surface area contributed by atoms with Crippen molar-refractivity contribution < 1.29 is 9.53 Å². The predicted molar refractivity (Wildman–Crippen MR) is 60.9 cm³/mol. The molecule has 0 aromatic heterocycles. The van der Waals surface area contributed by atoms with Crippen LogP contribution in [0.15, 0.2) is 11.8 Å². The number of allylic oxidation sites excluding steroid dienone is 1. The molecule has 0 amide bonds. The number of nitrogens with one attached hydrogen (secondary N) is 1. The fourth-order valence-electron chi connectivity index (χ4n) is 3.32. The number of hydrogen-bond donors (Lipinski definition) is 1. The number of ketones is 1. The van der Waals surface area contributed by atoms with Crippen LogP contribution in [0.5, 0.6) is 0 Å². The molecule has 3 nitrogen and oxygen atoms in total. The SMILES string of the molecule is O=C(CC1CC2CCC(C1)N2)C1=CCCO1. The van der Waals surface area contributed by atoms with Crippen LogP contribution in [0, 0.1) is 5.92 Å². The van der Waals surface area contributed by atoms with Crippen LogP contribution in [0.25, 0.3) is 0 Å². The molecule has 2 saturated heterocycles. The second-order valence-corrected chi connectivity index (χ2v) is 5.31. The van der Waals surface area contributed by atoms with Crippen LogP contribution in [0.1, 0.15) is 38.5 Å². The van der Waals surface area contributed by atoms with E-state index in [9.17, 15) is 4.79 Å². The van der Waals surface area contributed by atoms with Crippen molar-refractivity contribution in [1.29, 1.82) is 0 Å². The molecule has 0 aromatic carbocycles. The number of fused-ring (bicyclic) bond motifs is 2. The van der Waals surface area contributed by atoms with Gasteiger partial charge in [0.05, 0.1) is 6.61 Å². The molecule has 2 bridgehead atoms. The first-order valence-corrected chi connectivity index (χ1v) is 6.43. The van der Waals surface area contributed by atoms with Gasteiger partial charge in [-0.15, -0.1) is 0 Å². The first-order chi connectivity index (χ1) is 7.81. The van der Waals surface area contributed by atoms with Crippen molar-refractivity contribution in [3.05, 3.63) is 11.8 Å². The monoisotopic (exact) mass is 221 g/mol.